The van der Waals surface area contributed by atoms with Crippen LogP contribution < -0.4 is 9.80 Å². The Kier molecular flexibility index (Phi) is 9.78. The lowest BCUT2D eigenvalue weighted by atomic mass is 9.82. The fraction of sp³-hybridized carbons (Fsp3) is 0.0645. The first kappa shape index (κ1) is 38.9. The third-order valence-electron chi connectivity index (χ3n) is 13.1. The zero-order chi connectivity index (χ0) is 43.2. The van der Waals surface area contributed by atoms with Crippen molar-refractivity contribution in [3.05, 3.63) is 253 Å². The molecule has 0 spiro atoms. The van der Waals surface area contributed by atoms with Gasteiger partial charge in [-0.3, -0.25) is 0 Å². The van der Waals surface area contributed by atoms with Gasteiger partial charge in [-0.2, -0.15) is 0 Å². The van der Waals surface area contributed by atoms with E-state index in [-0.39, 0.29) is 5.41 Å². The summed E-state index contributed by atoms with van der Waals surface area (Å²) < 4.78 is 0. The van der Waals surface area contributed by atoms with Gasteiger partial charge in [0.05, 0.1) is 0 Å². The van der Waals surface area contributed by atoms with Gasteiger partial charge in [0, 0.05) is 39.5 Å². The predicted molar refractivity (Wildman–Crippen MR) is 272 cm³/mol. The van der Waals surface area contributed by atoms with Crippen molar-refractivity contribution < 1.29 is 0 Å². The summed E-state index contributed by atoms with van der Waals surface area (Å²) in [6.07, 6.45) is 0. The molecule has 0 bridgehead atoms. The molecule has 0 saturated heterocycles. The first-order valence-corrected chi connectivity index (χ1v) is 22.2. The Balaban J connectivity index is 0.927. The number of para-hydroxylation sites is 1. The Morgan fingerprint density at radius 1 is 0.281 bits per heavy atom. The minimum atomic E-state index is -0.242. The van der Waals surface area contributed by atoms with Gasteiger partial charge in [-0.05, 0) is 152 Å². The van der Waals surface area contributed by atoms with Gasteiger partial charge in [0.25, 0.3) is 0 Å². The number of anilines is 6. The molecule has 0 aliphatic heterocycles. The minimum absolute atomic E-state index is 0.242. The quantitative estimate of drug-likeness (QED) is 0.143. The number of benzene rings is 10. The largest absolute Gasteiger partial charge is 0.310 e. The molecule has 0 heterocycles. The molecule has 11 rings (SSSR count). The summed E-state index contributed by atoms with van der Waals surface area (Å²) in [7, 11) is 0. The van der Waals surface area contributed by atoms with Gasteiger partial charge in [-0.1, -0.05) is 177 Å². The highest BCUT2D eigenvalue weighted by Gasteiger charge is 2.37. The molecule has 0 atom stereocenters. The molecule has 0 saturated carbocycles. The van der Waals surface area contributed by atoms with E-state index in [1.165, 1.54) is 72.0 Å². The van der Waals surface area contributed by atoms with Crippen LogP contribution in [-0.4, -0.2) is 0 Å². The number of aryl methyl sites for hydroxylation is 1. The molecule has 10 aromatic rings. The van der Waals surface area contributed by atoms with E-state index >= 15 is 0 Å². The fourth-order valence-electron chi connectivity index (χ4n) is 9.62. The van der Waals surface area contributed by atoms with Crippen LogP contribution >= 0.6 is 0 Å². The second kappa shape index (κ2) is 16.1. The Morgan fingerprint density at radius 2 is 0.641 bits per heavy atom. The number of hydrogen-bond acceptors (Lipinski definition) is 2. The van der Waals surface area contributed by atoms with Crippen molar-refractivity contribution in [3.63, 3.8) is 0 Å². The number of rotatable bonds is 9. The minimum Gasteiger partial charge on any atom is -0.310 e. The van der Waals surface area contributed by atoms with Crippen molar-refractivity contribution in [2.24, 2.45) is 0 Å². The Bertz CT molecular complexity index is 3260. The highest BCUT2D eigenvalue weighted by atomic mass is 15.1. The van der Waals surface area contributed by atoms with Gasteiger partial charge in [0.2, 0.25) is 0 Å². The van der Waals surface area contributed by atoms with E-state index in [1.807, 2.05) is 0 Å². The van der Waals surface area contributed by atoms with Crippen molar-refractivity contribution in [3.8, 4) is 44.5 Å². The van der Waals surface area contributed by atoms with Gasteiger partial charge in [-0.25, -0.2) is 0 Å². The summed E-state index contributed by atoms with van der Waals surface area (Å²) in [4.78, 5) is 4.78. The normalized spacial score (nSPS) is 12.4. The third kappa shape index (κ3) is 7.13. The van der Waals surface area contributed by atoms with Crippen LogP contribution in [-0.2, 0) is 5.41 Å². The molecule has 2 nitrogen and oxygen atoms in total. The molecule has 1 aliphatic rings. The zero-order valence-corrected chi connectivity index (χ0v) is 36.4. The molecular formula is C62H48N2. The van der Waals surface area contributed by atoms with Crippen LogP contribution in [0.25, 0.3) is 55.3 Å². The Labute approximate surface area is 377 Å². The molecule has 0 N–H and O–H groups in total. The first-order chi connectivity index (χ1) is 31.4. The average Bonchev–Trinajstić information content (AvgIpc) is 3.57. The lowest BCUT2D eigenvalue weighted by Crippen LogP contribution is -2.17. The maximum Gasteiger partial charge on any atom is 0.0465 e. The molecule has 10 aromatic carbocycles. The van der Waals surface area contributed by atoms with E-state index in [4.69, 9.17) is 0 Å². The maximum absolute atomic E-state index is 2.42. The molecule has 0 unspecified atom stereocenters. The SMILES string of the molecule is Cc1ccc(N(c2ccc(-c3ccc4ccccc4c3)cc2)c2ccc3c(c2)C(C)(C)c2cc(N(c4ccccc4)c4ccc(-c5ccc(-c6ccccc6)cc5)cc4)ccc2-3)cc1. The van der Waals surface area contributed by atoms with Crippen molar-refractivity contribution in [2.75, 3.05) is 9.80 Å². The number of hydrogen-bond donors (Lipinski definition) is 0. The predicted octanol–water partition coefficient (Wildman–Crippen LogP) is 17.4. The molecule has 0 radical (unpaired) electrons. The molecule has 306 valence electrons. The summed E-state index contributed by atoms with van der Waals surface area (Å²) in [5, 5.41) is 2.51. The van der Waals surface area contributed by atoms with Gasteiger partial charge in [0.15, 0.2) is 0 Å². The second-order valence-corrected chi connectivity index (χ2v) is 17.5. The van der Waals surface area contributed by atoms with E-state index in [2.05, 4.69) is 267 Å². The van der Waals surface area contributed by atoms with Crippen LogP contribution in [0.1, 0.15) is 30.5 Å². The van der Waals surface area contributed by atoms with Crippen LogP contribution in [0.15, 0.2) is 237 Å². The molecule has 64 heavy (non-hydrogen) atoms. The van der Waals surface area contributed by atoms with Crippen LogP contribution in [0.4, 0.5) is 34.1 Å². The van der Waals surface area contributed by atoms with E-state index < -0.39 is 0 Å². The highest BCUT2D eigenvalue weighted by Crippen LogP contribution is 2.52. The first-order valence-electron chi connectivity index (χ1n) is 22.2. The molecule has 0 fully saturated rings. The van der Waals surface area contributed by atoms with Gasteiger partial charge in [-0.15, -0.1) is 0 Å². The Morgan fingerprint density at radius 3 is 1.16 bits per heavy atom. The molecule has 2 heteroatoms. The lowest BCUT2D eigenvalue weighted by Gasteiger charge is -2.29. The van der Waals surface area contributed by atoms with Crippen LogP contribution in [0, 0.1) is 6.92 Å². The monoisotopic (exact) mass is 820 g/mol. The van der Waals surface area contributed by atoms with Crippen molar-refractivity contribution in [1.82, 2.24) is 0 Å². The summed E-state index contributed by atoms with van der Waals surface area (Å²) >= 11 is 0. The summed E-state index contributed by atoms with van der Waals surface area (Å²) in [5.41, 5.74) is 20.3. The van der Waals surface area contributed by atoms with Crippen LogP contribution in [0.5, 0.6) is 0 Å². The molecule has 0 amide bonds. The smallest absolute Gasteiger partial charge is 0.0465 e. The van der Waals surface area contributed by atoms with Crippen molar-refractivity contribution in [2.45, 2.75) is 26.2 Å². The summed E-state index contributed by atoms with van der Waals surface area (Å²) in [6.45, 7) is 6.91. The maximum atomic E-state index is 2.42. The fourth-order valence-corrected chi connectivity index (χ4v) is 9.62. The average molecular weight is 821 g/mol. The van der Waals surface area contributed by atoms with Gasteiger partial charge in [0.1, 0.15) is 0 Å². The van der Waals surface area contributed by atoms with E-state index in [0.717, 1.165) is 34.1 Å². The molecular weight excluding hydrogens is 773 g/mol. The van der Waals surface area contributed by atoms with Gasteiger partial charge >= 0.3 is 0 Å². The Hall–Kier alpha value is -7.94. The number of fused-ring (bicyclic) bond motifs is 4. The highest BCUT2D eigenvalue weighted by molar-refractivity contribution is 5.90. The molecule has 1 aliphatic carbocycles. The molecule has 0 aromatic heterocycles. The van der Waals surface area contributed by atoms with Crippen molar-refractivity contribution >= 4 is 44.9 Å². The standard InChI is InChI=1S/C62H48N2/c1-43-18-30-53(31-19-43)64(55-34-28-49(29-35-55)51-25-24-45-14-10-11-15-50(45)40-51)57-37-39-59-58-38-36-56(41-60(58)62(2,3)61(59)42-57)63(52-16-8-5-9-17-52)54-32-26-48(27-33-54)47-22-20-46(21-23-47)44-12-6-4-7-13-44/h4-42H,1-3H3. The summed E-state index contributed by atoms with van der Waals surface area (Å²) in [6, 6.07) is 86.4. The van der Waals surface area contributed by atoms with Crippen molar-refractivity contribution in [1.29, 1.82) is 0 Å². The van der Waals surface area contributed by atoms with Crippen LogP contribution in [0.3, 0.4) is 0 Å². The lowest BCUT2D eigenvalue weighted by molar-refractivity contribution is 0.660. The van der Waals surface area contributed by atoms with E-state index in [0.29, 0.717) is 0 Å². The zero-order valence-electron chi connectivity index (χ0n) is 36.4. The second-order valence-electron chi connectivity index (χ2n) is 17.5. The van der Waals surface area contributed by atoms with Crippen LogP contribution in [0.2, 0.25) is 0 Å². The van der Waals surface area contributed by atoms with E-state index in [9.17, 15) is 0 Å². The topological polar surface area (TPSA) is 6.48 Å². The third-order valence-corrected chi connectivity index (χ3v) is 13.1. The number of nitrogens with zero attached hydrogens (tertiary/aromatic N) is 2. The van der Waals surface area contributed by atoms with Gasteiger partial charge < -0.3 is 9.80 Å². The van der Waals surface area contributed by atoms with E-state index in [1.54, 1.807) is 0 Å². The summed E-state index contributed by atoms with van der Waals surface area (Å²) in [5.74, 6) is 0.